The molecule has 1 N–H and O–H groups in total. The van der Waals surface area contributed by atoms with E-state index in [1.54, 1.807) is 30.9 Å². The SMILES string of the molecule is CCOC(=O)c1c(OC[C@H]2CCCN2c2ncnc3nc[nH]c23)c2cc(F)ccc2n1C. The molecule has 0 saturated carbocycles. The van der Waals surface area contributed by atoms with E-state index in [-0.39, 0.29) is 18.3 Å². The lowest BCUT2D eigenvalue weighted by Gasteiger charge is -2.26. The fraction of sp³-hybridized carbons (Fsp3) is 0.364. The topological polar surface area (TPSA) is 98.2 Å². The number of halogens is 1. The van der Waals surface area contributed by atoms with Crippen LogP contribution < -0.4 is 9.64 Å². The fourth-order valence-corrected chi connectivity index (χ4v) is 4.40. The molecular formula is C22H23FN6O3. The maximum atomic E-state index is 14.0. The number of hydrogen-bond acceptors (Lipinski definition) is 7. The Kier molecular flexibility index (Phi) is 5.12. The second kappa shape index (κ2) is 8.10. The number of nitrogens with zero attached hydrogens (tertiary/aromatic N) is 5. The van der Waals surface area contributed by atoms with Crippen LogP contribution in [-0.4, -0.2) is 56.3 Å². The van der Waals surface area contributed by atoms with Crippen LogP contribution in [0.5, 0.6) is 5.75 Å². The zero-order valence-corrected chi connectivity index (χ0v) is 17.8. The number of nitrogens with one attached hydrogen (secondary N) is 1. The van der Waals surface area contributed by atoms with Crippen LogP contribution >= 0.6 is 0 Å². The molecule has 9 nitrogen and oxygen atoms in total. The van der Waals surface area contributed by atoms with E-state index >= 15 is 0 Å². The summed E-state index contributed by atoms with van der Waals surface area (Å²) in [6, 6.07) is 4.41. The molecule has 32 heavy (non-hydrogen) atoms. The predicted octanol–water partition coefficient (Wildman–Crippen LogP) is 3.21. The third kappa shape index (κ3) is 3.31. The molecule has 1 fully saturated rings. The van der Waals surface area contributed by atoms with E-state index in [2.05, 4.69) is 24.8 Å². The van der Waals surface area contributed by atoms with E-state index in [9.17, 15) is 9.18 Å². The Morgan fingerprint density at radius 3 is 3.03 bits per heavy atom. The molecule has 0 unspecified atom stereocenters. The molecule has 1 aliphatic heterocycles. The average Bonchev–Trinajstić information content (AvgIpc) is 3.50. The van der Waals surface area contributed by atoms with Crippen molar-refractivity contribution in [3.63, 3.8) is 0 Å². The molecule has 5 rings (SSSR count). The highest BCUT2D eigenvalue weighted by molar-refractivity contribution is 6.01. The number of imidazole rings is 1. The average molecular weight is 438 g/mol. The summed E-state index contributed by atoms with van der Waals surface area (Å²) in [7, 11) is 1.75. The van der Waals surface area contributed by atoms with Crippen molar-refractivity contribution in [3.8, 4) is 5.75 Å². The van der Waals surface area contributed by atoms with Gasteiger partial charge in [-0.25, -0.2) is 24.1 Å². The van der Waals surface area contributed by atoms with Gasteiger partial charge in [0.25, 0.3) is 0 Å². The summed E-state index contributed by atoms with van der Waals surface area (Å²) in [4.78, 5) is 30.8. The Morgan fingerprint density at radius 1 is 1.31 bits per heavy atom. The van der Waals surface area contributed by atoms with Gasteiger partial charge in [-0.3, -0.25) is 0 Å². The molecule has 0 aliphatic carbocycles. The highest BCUT2D eigenvalue weighted by Gasteiger charge is 2.30. The number of carbonyl (C=O) groups excluding carboxylic acids is 1. The second-order valence-electron chi connectivity index (χ2n) is 7.72. The fourth-order valence-electron chi connectivity index (χ4n) is 4.40. The number of aryl methyl sites for hydroxylation is 1. The third-order valence-electron chi connectivity index (χ3n) is 5.86. The molecule has 4 aromatic rings. The Labute approximate surface area is 183 Å². The summed E-state index contributed by atoms with van der Waals surface area (Å²) in [5, 5.41) is 0.540. The monoisotopic (exact) mass is 438 g/mol. The molecule has 4 heterocycles. The summed E-state index contributed by atoms with van der Waals surface area (Å²) >= 11 is 0. The minimum absolute atomic E-state index is 0.0234. The maximum Gasteiger partial charge on any atom is 0.358 e. The third-order valence-corrected chi connectivity index (χ3v) is 5.86. The minimum atomic E-state index is -0.500. The van der Waals surface area contributed by atoms with Gasteiger partial charge in [0, 0.05) is 19.0 Å². The van der Waals surface area contributed by atoms with Gasteiger partial charge in [0.2, 0.25) is 0 Å². The molecule has 0 amide bonds. The number of hydrogen-bond donors (Lipinski definition) is 1. The summed E-state index contributed by atoms with van der Waals surface area (Å²) < 4.78 is 27.2. The van der Waals surface area contributed by atoms with Crippen molar-refractivity contribution in [2.45, 2.75) is 25.8 Å². The number of rotatable bonds is 6. The Bertz CT molecular complexity index is 1300. The van der Waals surface area contributed by atoms with E-state index in [4.69, 9.17) is 9.47 Å². The second-order valence-corrected chi connectivity index (χ2v) is 7.72. The zero-order valence-electron chi connectivity index (χ0n) is 17.8. The molecule has 0 radical (unpaired) electrons. The number of esters is 1. The number of fused-ring (bicyclic) bond motifs is 2. The summed E-state index contributed by atoms with van der Waals surface area (Å²) in [6.45, 7) is 3.10. The molecule has 0 spiro atoms. The van der Waals surface area contributed by atoms with Crippen LogP contribution in [0.1, 0.15) is 30.3 Å². The summed E-state index contributed by atoms with van der Waals surface area (Å²) in [6.07, 6.45) is 4.97. The van der Waals surface area contributed by atoms with Gasteiger partial charge in [0.05, 0.1) is 24.5 Å². The van der Waals surface area contributed by atoms with Crippen LogP contribution in [-0.2, 0) is 11.8 Å². The van der Waals surface area contributed by atoms with Gasteiger partial charge >= 0.3 is 5.97 Å². The number of aromatic amines is 1. The van der Waals surface area contributed by atoms with Crippen LogP contribution in [0.3, 0.4) is 0 Å². The van der Waals surface area contributed by atoms with Crippen molar-refractivity contribution in [2.75, 3.05) is 24.7 Å². The van der Waals surface area contributed by atoms with Gasteiger partial charge in [-0.2, -0.15) is 0 Å². The van der Waals surface area contributed by atoms with Crippen LogP contribution in [0.4, 0.5) is 10.2 Å². The van der Waals surface area contributed by atoms with Gasteiger partial charge < -0.3 is 23.9 Å². The Hall–Kier alpha value is -3.69. The maximum absolute atomic E-state index is 14.0. The lowest BCUT2D eigenvalue weighted by Crippen LogP contribution is -2.35. The number of anilines is 1. The normalized spacial score (nSPS) is 16.2. The van der Waals surface area contributed by atoms with Gasteiger partial charge in [-0.05, 0) is 38.0 Å². The predicted molar refractivity (Wildman–Crippen MR) is 116 cm³/mol. The van der Waals surface area contributed by atoms with Crippen LogP contribution in [0, 0.1) is 5.82 Å². The first kappa shape index (κ1) is 20.2. The standard InChI is InChI=1S/C22H23FN6O3/c1-3-31-22(30)18-19(15-9-13(23)6-7-16(15)28(18)2)32-10-14-5-4-8-29(14)21-17-20(25-11-24-17)26-12-27-21/h6-7,9,11-12,14H,3-5,8,10H2,1-2H3,(H,24,25,26,27)/t14-/m1/s1. The highest BCUT2D eigenvalue weighted by atomic mass is 19.1. The molecule has 3 aromatic heterocycles. The smallest absolute Gasteiger partial charge is 0.358 e. The molecule has 1 aromatic carbocycles. The highest BCUT2D eigenvalue weighted by Crippen LogP contribution is 2.35. The number of H-pyrrole nitrogens is 1. The van der Waals surface area contributed by atoms with E-state index in [1.165, 1.54) is 18.5 Å². The number of benzene rings is 1. The first-order valence-electron chi connectivity index (χ1n) is 10.6. The van der Waals surface area contributed by atoms with Gasteiger partial charge in [0.15, 0.2) is 22.9 Å². The summed E-state index contributed by atoms with van der Waals surface area (Å²) in [5.74, 6) is 0.211. The number of aromatic nitrogens is 5. The van der Waals surface area contributed by atoms with Gasteiger partial charge in [0.1, 0.15) is 24.3 Å². The lowest BCUT2D eigenvalue weighted by atomic mass is 10.2. The van der Waals surface area contributed by atoms with E-state index in [0.29, 0.717) is 28.9 Å². The van der Waals surface area contributed by atoms with Crippen molar-refractivity contribution < 1.29 is 18.7 Å². The van der Waals surface area contributed by atoms with Crippen molar-refractivity contribution in [1.29, 1.82) is 0 Å². The quantitative estimate of drug-likeness (QED) is 0.462. The van der Waals surface area contributed by atoms with Gasteiger partial charge in [-0.1, -0.05) is 0 Å². The lowest BCUT2D eigenvalue weighted by molar-refractivity contribution is 0.0510. The molecule has 0 bridgehead atoms. The minimum Gasteiger partial charge on any atom is -0.488 e. The molecule has 1 saturated heterocycles. The largest absolute Gasteiger partial charge is 0.488 e. The van der Waals surface area contributed by atoms with E-state index < -0.39 is 11.8 Å². The Balaban J connectivity index is 1.48. The molecular weight excluding hydrogens is 415 g/mol. The van der Waals surface area contributed by atoms with Crippen molar-refractivity contribution in [1.82, 2.24) is 24.5 Å². The molecule has 1 aliphatic rings. The molecule has 166 valence electrons. The molecule has 1 atom stereocenters. The van der Waals surface area contributed by atoms with Crippen molar-refractivity contribution >= 4 is 33.9 Å². The van der Waals surface area contributed by atoms with Crippen LogP contribution in [0.15, 0.2) is 30.9 Å². The molecule has 10 heteroatoms. The van der Waals surface area contributed by atoms with E-state index in [1.807, 2.05) is 0 Å². The van der Waals surface area contributed by atoms with Gasteiger partial charge in [-0.15, -0.1) is 0 Å². The van der Waals surface area contributed by atoms with Crippen LogP contribution in [0.2, 0.25) is 0 Å². The first-order chi connectivity index (χ1) is 15.6. The van der Waals surface area contributed by atoms with Crippen LogP contribution in [0.25, 0.3) is 22.1 Å². The van der Waals surface area contributed by atoms with E-state index in [0.717, 1.165) is 30.7 Å². The number of ether oxygens (including phenoxy) is 2. The zero-order chi connectivity index (χ0) is 22.2. The summed E-state index contributed by atoms with van der Waals surface area (Å²) in [5.41, 5.74) is 2.35. The number of carbonyl (C=O) groups is 1. The van der Waals surface area contributed by atoms with Crippen molar-refractivity contribution in [2.24, 2.45) is 7.05 Å². The first-order valence-corrected chi connectivity index (χ1v) is 10.6. The Morgan fingerprint density at radius 2 is 2.19 bits per heavy atom. The van der Waals surface area contributed by atoms with Crippen molar-refractivity contribution in [3.05, 3.63) is 42.4 Å².